The number of nitrogens with zero attached hydrogens (tertiary/aromatic N) is 3. The molecule has 1 fully saturated rings. The van der Waals surface area contributed by atoms with Crippen molar-refractivity contribution in [2.75, 3.05) is 13.1 Å². The fourth-order valence-electron chi connectivity index (χ4n) is 3.88. The minimum atomic E-state index is -0.415. The molecular formula is C22H22N4O3. The summed E-state index contributed by atoms with van der Waals surface area (Å²) >= 11 is 0. The molecule has 4 heterocycles. The molecule has 0 atom stereocenters. The fourth-order valence-corrected chi connectivity index (χ4v) is 3.88. The number of ether oxygens (including phenoxy) is 1. The third-order valence-electron chi connectivity index (χ3n) is 5.30. The maximum absolute atomic E-state index is 12.7. The molecule has 1 aromatic carbocycles. The molecule has 1 aliphatic rings. The highest BCUT2D eigenvalue weighted by molar-refractivity contribution is 5.82. The van der Waals surface area contributed by atoms with Crippen LogP contribution in [-0.2, 0) is 0 Å². The van der Waals surface area contributed by atoms with Crippen molar-refractivity contribution >= 4 is 16.6 Å². The van der Waals surface area contributed by atoms with Gasteiger partial charge in [-0.05, 0) is 58.0 Å². The maximum Gasteiger partial charge on any atom is 0.345 e. The lowest BCUT2D eigenvalue weighted by Crippen LogP contribution is -2.34. The van der Waals surface area contributed by atoms with Crippen molar-refractivity contribution in [3.05, 3.63) is 58.5 Å². The molecule has 0 radical (unpaired) electrons. The van der Waals surface area contributed by atoms with Gasteiger partial charge in [0.05, 0.1) is 22.6 Å². The summed E-state index contributed by atoms with van der Waals surface area (Å²) in [5.74, 6) is 0.727. The van der Waals surface area contributed by atoms with Crippen molar-refractivity contribution in [1.82, 2.24) is 19.7 Å². The second-order valence-corrected chi connectivity index (χ2v) is 7.54. The number of hydrogen-bond donors (Lipinski definition) is 1. The summed E-state index contributed by atoms with van der Waals surface area (Å²) in [5.41, 5.74) is 3.56. The van der Waals surface area contributed by atoms with Crippen LogP contribution in [0.4, 0.5) is 0 Å². The van der Waals surface area contributed by atoms with Crippen LogP contribution in [0.5, 0.6) is 5.75 Å². The molecule has 1 saturated heterocycles. The Bertz CT molecular complexity index is 1270. The molecular weight excluding hydrogens is 368 g/mol. The molecule has 7 heteroatoms. The Morgan fingerprint density at radius 2 is 1.97 bits per heavy atom. The molecule has 148 valence electrons. The highest BCUT2D eigenvalue weighted by Crippen LogP contribution is 2.26. The average molecular weight is 390 g/mol. The van der Waals surface area contributed by atoms with E-state index in [1.807, 2.05) is 48.8 Å². The van der Waals surface area contributed by atoms with E-state index >= 15 is 0 Å². The number of piperidine rings is 1. The van der Waals surface area contributed by atoms with Crippen LogP contribution in [-0.4, -0.2) is 33.6 Å². The van der Waals surface area contributed by atoms with E-state index in [0.717, 1.165) is 54.1 Å². The Morgan fingerprint density at radius 1 is 1.14 bits per heavy atom. The van der Waals surface area contributed by atoms with E-state index in [0.29, 0.717) is 16.8 Å². The van der Waals surface area contributed by atoms with E-state index in [4.69, 9.17) is 9.15 Å². The van der Waals surface area contributed by atoms with E-state index in [1.54, 1.807) is 6.07 Å². The third-order valence-corrected chi connectivity index (χ3v) is 5.30. The molecule has 29 heavy (non-hydrogen) atoms. The zero-order valence-electron chi connectivity index (χ0n) is 16.4. The predicted octanol–water partition coefficient (Wildman–Crippen LogP) is 3.25. The van der Waals surface area contributed by atoms with Gasteiger partial charge in [-0.3, -0.25) is 4.98 Å². The normalized spacial score (nSPS) is 15.2. The van der Waals surface area contributed by atoms with Crippen molar-refractivity contribution in [2.24, 2.45) is 0 Å². The van der Waals surface area contributed by atoms with E-state index in [-0.39, 0.29) is 6.10 Å². The molecule has 3 aromatic heterocycles. The molecule has 0 spiro atoms. The molecule has 5 rings (SSSR count). The fraction of sp³-hybridized carbons (Fsp3) is 0.318. The van der Waals surface area contributed by atoms with Gasteiger partial charge in [0.1, 0.15) is 17.4 Å². The summed E-state index contributed by atoms with van der Waals surface area (Å²) in [6.07, 6.45) is 5.87. The van der Waals surface area contributed by atoms with E-state index in [9.17, 15) is 4.79 Å². The molecule has 0 amide bonds. The summed E-state index contributed by atoms with van der Waals surface area (Å²) in [6.45, 7) is 5.76. The number of fused-ring (bicyclic) bond motifs is 2. The molecule has 1 aliphatic heterocycles. The molecule has 0 saturated carbocycles. The zero-order chi connectivity index (χ0) is 20.0. The van der Waals surface area contributed by atoms with E-state index in [2.05, 4.69) is 15.3 Å². The topological polar surface area (TPSA) is 81.7 Å². The van der Waals surface area contributed by atoms with Gasteiger partial charge in [-0.25, -0.2) is 9.78 Å². The second-order valence-electron chi connectivity index (χ2n) is 7.54. The van der Waals surface area contributed by atoms with Crippen molar-refractivity contribution < 1.29 is 9.15 Å². The third kappa shape index (κ3) is 3.38. The van der Waals surface area contributed by atoms with Gasteiger partial charge in [0.2, 0.25) is 0 Å². The Labute approximate surface area is 167 Å². The summed E-state index contributed by atoms with van der Waals surface area (Å²) < 4.78 is 13.6. The monoisotopic (exact) mass is 390 g/mol. The Balaban J connectivity index is 1.52. The van der Waals surface area contributed by atoms with Crippen LogP contribution >= 0.6 is 0 Å². The molecule has 0 aliphatic carbocycles. The van der Waals surface area contributed by atoms with Crippen LogP contribution in [0.25, 0.3) is 27.9 Å². The van der Waals surface area contributed by atoms with Gasteiger partial charge in [-0.1, -0.05) is 0 Å². The number of hydrogen-bond acceptors (Lipinski definition) is 6. The molecule has 4 aromatic rings. The quantitative estimate of drug-likeness (QED) is 0.541. The van der Waals surface area contributed by atoms with Gasteiger partial charge in [0.15, 0.2) is 5.65 Å². The Kier molecular flexibility index (Phi) is 4.32. The highest BCUT2D eigenvalue weighted by atomic mass is 16.5. The van der Waals surface area contributed by atoms with Crippen molar-refractivity contribution in [2.45, 2.75) is 32.8 Å². The lowest BCUT2D eigenvalue weighted by molar-refractivity contribution is 0.162. The van der Waals surface area contributed by atoms with Crippen LogP contribution in [0, 0.1) is 13.8 Å². The lowest BCUT2D eigenvalue weighted by Gasteiger charge is -2.23. The Hall–Kier alpha value is -3.19. The summed E-state index contributed by atoms with van der Waals surface area (Å²) in [6, 6.07) is 7.47. The first kappa shape index (κ1) is 17.9. The first-order valence-corrected chi connectivity index (χ1v) is 9.85. The predicted molar refractivity (Wildman–Crippen MR) is 110 cm³/mol. The van der Waals surface area contributed by atoms with Gasteiger partial charge in [0.25, 0.3) is 0 Å². The first-order valence-electron chi connectivity index (χ1n) is 9.85. The van der Waals surface area contributed by atoms with Gasteiger partial charge in [-0.2, -0.15) is 0 Å². The summed E-state index contributed by atoms with van der Waals surface area (Å²) in [4.78, 5) is 21.7. The number of rotatable bonds is 3. The Morgan fingerprint density at radius 3 is 2.79 bits per heavy atom. The van der Waals surface area contributed by atoms with Crippen molar-refractivity contribution in [3.8, 4) is 17.0 Å². The van der Waals surface area contributed by atoms with Gasteiger partial charge in [-0.15, -0.1) is 0 Å². The highest BCUT2D eigenvalue weighted by Gasteiger charge is 2.16. The summed E-state index contributed by atoms with van der Waals surface area (Å²) in [5, 5.41) is 4.16. The summed E-state index contributed by atoms with van der Waals surface area (Å²) in [7, 11) is 0. The van der Waals surface area contributed by atoms with Crippen LogP contribution in [0.15, 0.2) is 45.9 Å². The standard InChI is InChI=1S/C22H22N4O3/c1-13-11-26-12-19(25-21(26)14(2)24-13)18-9-15-3-4-17(10-20(15)29-22(18)27)28-16-5-7-23-8-6-16/h3-4,9-12,16,23H,5-8H2,1-2H3. The van der Waals surface area contributed by atoms with Crippen LogP contribution in [0.1, 0.15) is 24.2 Å². The van der Waals surface area contributed by atoms with E-state index < -0.39 is 5.63 Å². The maximum atomic E-state index is 12.7. The van der Waals surface area contributed by atoms with Crippen molar-refractivity contribution in [1.29, 1.82) is 0 Å². The number of aryl methyl sites for hydroxylation is 2. The second kappa shape index (κ2) is 7.00. The molecule has 0 unspecified atom stereocenters. The molecule has 0 bridgehead atoms. The van der Waals surface area contributed by atoms with Crippen molar-refractivity contribution in [3.63, 3.8) is 0 Å². The zero-order valence-corrected chi connectivity index (χ0v) is 16.4. The van der Waals surface area contributed by atoms with Gasteiger partial charge < -0.3 is 18.9 Å². The largest absolute Gasteiger partial charge is 0.490 e. The van der Waals surface area contributed by atoms with Gasteiger partial charge in [0, 0.05) is 23.8 Å². The SMILES string of the molecule is Cc1cn2cc(-c3cc4ccc(OC5CCNCC5)cc4oc3=O)nc2c(C)n1. The van der Waals surface area contributed by atoms with Gasteiger partial charge >= 0.3 is 5.63 Å². The average Bonchev–Trinajstić information content (AvgIpc) is 3.12. The molecule has 7 nitrogen and oxygen atoms in total. The van der Waals surface area contributed by atoms with E-state index in [1.165, 1.54) is 0 Å². The minimum Gasteiger partial charge on any atom is -0.490 e. The minimum absolute atomic E-state index is 0.193. The lowest BCUT2D eigenvalue weighted by atomic mass is 10.1. The smallest absolute Gasteiger partial charge is 0.345 e. The number of aromatic nitrogens is 3. The van der Waals surface area contributed by atoms with Crippen LogP contribution in [0.3, 0.4) is 0 Å². The number of benzene rings is 1. The van der Waals surface area contributed by atoms with Crippen LogP contribution < -0.4 is 15.7 Å². The number of nitrogens with one attached hydrogen (secondary N) is 1. The number of imidazole rings is 1. The van der Waals surface area contributed by atoms with Crippen LogP contribution in [0.2, 0.25) is 0 Å². The molecule has 1 N–H and O–H groups in total. The first-order chi connectivity index (χ1) is 14.1.